The number of nitrogens with one attached hydrogen (secondary N) is 1. The van der Waals surface area contributed by atoms with Crippen LogP contribution in [0.5, 0.6) is 0 Å². The van der Waals surface area contributed by atoms with Crippen LogP contribution in [-0.2, 0) is 4.79 Å². The van der Waals surface area contributed by atoms with E-state index < -0.39 is 0 Å². The first-order valence-corrected chi connectivity index (χ1v) is 7.73. The summed E-state index contributed by atoms with van der Waals surface area (Å²) in [7, 11) is 0. The van der Waals surface area contributed by atoms with Crippen LogP contribution in [0, 0.1) is 20.8 Å². The molecule has 0 saturated carbocycles. The van der Waals surface area contributed by atoms with Gasteiger partial charge >= 0.3 is 0 Å². The summed E-state index contributed by atoms with van der Waals surface area (Å²) < 4.78 is 5.49. The number of hydrogen-bond donors (Lipinski definition) is 1. The molecular formula is C15H19N3O2S. The lowest BCUT2D eigenvalue weighted by atomic mass is 10.2. The molecule has 2 aromatic rings. The zero-order valence-electron chi connectivity index (χ0n) is 12.6. The summed E-state index contributed by atoms with van der Waals surface area (Å²) in [5.41, 5.74) is 1.81. The van der Waals surface area contributed by atoms with Crippen molar-refractivity contribution in [3.8, 4) is 0 Å². The van der Waals surface area contributed by atoms with E-state index in [1.54, 1.807) is 0 Å². The van der Waals surface area contributed by atoms with E-state index >= 15 is 0 Å². The summed E-state index contributed by atoms with van der Waals surface area (Å²) in [5, 5.41) is 3.53. The molecule has 0 aliphatic carbocycles. The molecule has 0 bridgehead atoms. The number of amides is 1. The van der Waals surface area contributed by atoms with E-state index in [1.165, 1.54) is 11.8 Å². The van der Waals surface area contributed by atoms with Crippen LogP contribution >= 0.6 is 11.8 Å². The predicted molar refractivity (Wildman–Crippen MR) is 82.2 cm³/mol. The van der Waals surface area contributed by atoms with E-state index in [1.807, 2.05) is 45.9 Å². The van der Waals surface area contributed by atoms with Gasteiger partial charge < -0.3 is 9.73 Å². The quantitative estimate of drug-likeness (QED) is 0.679. The van der Waals surface area contributed by atoms with Gasteiger partial charge in [0.2, 0.25) is 5.91 Å². The van der Waals surface area contributed by atoms with Gasteiger partial charge in [0, 0.05) is 11.4 Å². The first-order chi connectivity index (χ1) is 9.94. The minimum atomic E-state index is -0.146. The van der Waals surface area contributed by atoms with Crippen molar-refractivity contribution in [1.82, 2.24) is 15.3 Å². The van der Waals surface area contributed by atoms with Crippen LogP contribution in [0.1, 0.15) is 35.9 Å². The van der Waals surface area contributed by atoms with E-state index in [0.29, 0.717) is 5.16 Å². The average Bonchev–Trinajstić information content (AvgIpc) is 2.82. The van der Waals surface area contributed by atoms with E-state index in [9.17, 15) is 4.79 Å². The highest BCUT2D eigenvalue weighted by molar-refractivity contribution is 7.99. The SMILES string of the molecule is Cc1cc(C)nc(SCC(=O)NC(C)c2ccc(C)o2)n1. The number of carbonyl (C=O) groups is 1. The second kappa shape index (κ2) is 6.76. The number of nitrogens with zero attached hydrogens (tertiary/aromatic N) is 2. The van der Waals surface area contributed by atoms with E-state index in [0.717, 1.165) is 22.9 Å². The summed E-state index contributed by atoms with van der Waals surface area (Å²) in [4.78, 5) is 20.5. The van der Waals surface area contributed by atoms with Crippen molar-refractivity contribution in [2.24, 2.45) is 0 Å². The van der Waals surface area contributed by atoms with E-state index in [4.69, 9.17) is 4.42 Å². The molecule has 1 amide bonds. The van der Waals surface area contributed by atoms with E-state index in [-0.39, 0.29) is 17.7 Å². The van der Waals surface area contributed by atoms with Crippen LogP contribution in [0.25, 0.3) is 0 Å². The molecule has 0 aliphatic heterocycles. The fourth-order valence-corrected chi connectivity index (χ4v) is 2.69. The normalized spacial score (nSPS) is 12.2. The molecule has 2 rings (SSSR count). The number of aryl methyl sites for hydroxylation is 3. The Labute approximate surface area is 128 Å². The number of rotatable bonds is 5. The largest absolute Gasteiger partial charge is 0.464 e. The van der Waals surface area contributed by atoms with Crippen molar-refractivity contribution in [3.63, 3.8) is 0 Å². The molecule has 2 aromatic heterocycles. The Bertz CT molecular complexity index is 619. The Kier molecular flexibility index (Phi) is 5.01. The van der Waals surface area contributed by atoms with Gasteiger partial charge in [-0.15, -0.1) is 0 Å². The fourth-order valence-electron chi connectivity index (χ4n) is 1.93. The first kappa shape index (κ1) is 15.6. The van der Waals surface area contributed by atoms with Gasteiger partial charge in [-0.1, -0.05) is 11.8 Å². The van der Waals surface area contributed by atoms with Crippen LogP contribution in [-0.4, -0.2) is 21.6 Å². The summed E-state index contributed by atoms with van der Waals surface area (Å²) in [6.07, 6.45) is 0. The van der Waals surface area contributed by atoms with Crippen LogP contribution in [0.15, 0.2) is 27.8 Å². The number of thioether (sulfide) groups is 1. The zero-order valence-corrected chi connectivity index (χ0v) is 13.5. The molecule has 0 spiro atoms. The summed E-state index contributed by atoms with van der Waals surface area (Å²) >= 11 is 1.33. The van der Waals surface area contributed by atoms with E-state index in [2.05, 4.69) is 15.3 Å². The van der Waals surface area contributed by atoms with Crippen molar-refractivity contribution in [1.29, 1.82) is 0 Å². The standard InChI is InChI=1S/C15H19N3O2S/c1-9-7-10(2)17-15(16-9)21-8-14(19)18-12(4)13-6-5-11(3)20-13/h5-7,12H,8H2,1-4H3,(H,18,19). The summed E-state index contributed by atoms with van der Waals surface area (Å²) in [6, 6.07) is 5.52. The first-order valence-electron chi connectivity index (χ1n) is 6.75. The highest BCUT2D eigenvalue weighted by atomic mass is 32.2. The van der Waals surface area contributed by atoms with Crippen LogP contribution in [0.4, 0.5) is 0 Å². The maximum absolute atomic E-state index is 11.9. The van der Waals surface area contributed by atoms with Gasteiger partial charge in [0.25, 0.3) is 0 Å². The molecule has 5 nitrogen and oxygen atoms in total. The maximum atomic E-state index is 11.9. The lowest BCUT2D eigenvalue weighted by molar-refractivity contribution is -0.119. The molecule has 1 unspecified atom stereocenters. The van der Waals surface area contributed by atoms with Crippen molar-refractivity contribution in [2.75, 3.05) is 5.75 Å². The van der Waals surface area contributed by atoms with Crippen molar-refractivity contribution in [3.05, 3.63) is 41.1 Å². The van der Waals surface area contributed by atoms with Crippen LogP contribution < -0.4 is 5.32 Å². The Morgan fingerprint density at radius 1 is 1.29 bits per heavy atom. The van der Waals surface area contributed by atoms with Gasteiger partial charge in [-0.2, -0.15) is 0 Å². The minimum Gasteiger partial charge on any atom is -0.464 e. The third-order valence-electron chi connectivity index (χ3n) is 2.86. The van der Waals surface area contributed by atoms with Gasteiger partial charge in [-0.25, -0.2) is 9.97 Å². The minimum absolute atomic E-state index is 0.0655. The van der Waals surface area contributed by atoms with Gasteiger partial charge in [-0.05, 0) is 45.9 Å². The van der Waals surface area contributed by atoms with Crippen LogP contribution in [0.3, 0.4) is 0 Å². The number of aromatic nitrogens is 2. The lowest BCUT2D eigenvalue weighted by Crippen LogP contribution is -2.28. The highest BCUT2D eigenvalue weighted by Crippen LogP contribution is 2.17. The Morgan fingerprint density at radius 2 is 1.95 bits per heavy atom. The summed E-state index contributed by atoms with van der Waals surface area (Å²) in [6.45, 7) is 7.61. The zero-order chi connectivity index (χ0) is 15.4. The second-order valence-corrected chi connectivity index (χ2v) is 5.90. The fraction of sp³-hybridized carbons (Fsp3) is 0.400. The Balaban J connectivity index is 1.87. The third-order valence-corrected chi connectivity index (χ3v) is 3.71. The second-order valence-electron chi connectivity index (χ2n) is 4.96. The van der Waals surface area contributed by atoms with Gasteiger partial charge in [0.1, 0.15) is 11.5 Å². The average molecular weight is 305 g/mol. The maximum Gasteiger partial charge on any atom is 0.231 e. The lowest BCUT2D eigenvalue weighted by Gasteiger charge is -2.11. The monoisotopic (exact) mass is 305 g/mol. The molecule has 0 saturated heterocycles. The summed E-state index contributed by atoms with van der Waals surface area (Å²) in [5.74, 6) is 1.81. The van der Waals surface area contributed by atoms with Crippen molar-refractivity contribution >= 4 is 17.7 Å². The van der Waals surface area contributed by atoms with Crippen LogP contribution in [0.2, 0.25) is 0 Å². The molecule has 1 atom stereocenters. The predicted octanol–water partition coefficient (Wildman–Crippen LogP) is 2.96. The molecular weight excluding hydrogens is 286 g/mol. The number of carbonyl (C=O) groups excluding carboxylic acids is 1. The number of furan rings is 1. The third kappa shape index (κ3) is 4.60. The Hall–Kier alpha value is -1.82. The van der Waals surface area contributed by atoms with Gasteiger partial charge in [-0.3, -0.25) is 4.79 Å². The molecule has 112 valence electrons. The topological polar surface area (TPSA) is 68.0 Å². The van der Waals surface area contributed by atoms with Crippen molar-refractivity contribution < 1.29 is 9.21 Å². The van der Waals surface area contributed by atoms with Gasteiger partial charge in [0.15, 0.2) is 5.16 Å². The molecule has 2 heterocycles. The smallest absolute Gasteiger partial charge is 0.231 e. The Morgan fingerprint density at radius 3 is 2.52 bits per heavy atom. The molecule has 0 radical (unpaired) electrons. The molecule has 21 heavy (non-hydrogen) atoms. The molecule has 0 fully saturated rings. The highest BCUT2D eigenvalue weighted by Gasteiger charge is 2.13. The van der Waals surface area contributed by atoms with Crippen molar-refractivity contribution in [2.45, 2.75) is 38.9 Å². The molecule has 0 aliphatic rings. The number of hydrogen-bond acceptors (Lipinski definition) is 5. The molecule has 6 heteroatoms. The van der Waals surface area contributed by atoms with Gasteiger partial charge in [0.05, 0.1) is 11.8 Å². The molecule has 1 N–H and O–H groups in total. The molecule has 0 aromatic carbocycles.